The van der Waals surface area contributed by atoms with Crippen LogP contribution in [-0.4, -0.2) is 28.8 Å². The van der Waals surface area contributed by atoms with Crippen LogP contribution in [0.4, 0.5) is 23.2 Å². The molecule has 1 heterocycles. The molecule has 0 amide bonds. The van der Waals surface area contributed by atoms with Crippen LogP contribution in [0.1, 0.15) is 31.0 Å². The number of carbonyl (C=O) groups is 1. The first-order chi connectivity index (χ1) is 15.9. The third-order valence-corrected chi connectivity index (χ3v) is 6.02. The summed E-state index contributed by atoms with van der Waals surface area (Å²) in [7, 11) is 1.56. The van der Waals surface area contributed by atoms with Crippen LogP contribution in [0.2, 0.25) is 0 Å². The average Bonchev–Trinajstić information content (AvgIpc) is 3.30. The van der Waals surface area contributed by atoms with E-state index in [1.807, 2.05) is 41.2 Å². The number of halogens is 4. The Morgan fingerprint density at radius 2 is 1.71 bits per heavy atom. The maximum absolute atomic E-state index is 14.5. The fourth-order valence-corrected chi connectivity index (χ4v) is 4.02. The molecule has 3 aromatic rings. The van der Waals surface area contributed by atoms with Crippen LogP contribution in [0.15, 0.2) is 67.0 Å². The summed E-state index contributed by atoms with van der Waals surface area (Å²) in [5, 5.41) is 12.7. The summed E-state index contributed by atoms with van der Waals surface area (Å²) >= 11 is 0. The summed E-state index contributed by atoms with van der Waals surface area (Å²) < 4.78 is 60.3. The van der Waals surface area contributed by atoms with Crippen LogP contribution in [0.25, 0.3) is 0 Å². The molecule has 1 aromatic heterocycles. The lowest BCUT2D eigenvalue weighted by molar-refractivity contribution is -0.141. The third-order valence-electron chi connectivity index (χ3n) is 6.02. The van der Waals surface area contributed by atoms with Crippen molar-refractivity contribution in [2.45, 2.75) is 38.5 Å². The highest BCUT2D eigenvalue weighted by atomic mass is 19.4. The predicted octanol–water partition coefficient (Wildman–Crippen LogP) is 6.03. The molecule has 2 unspecified atom stereocenters. The van der Waals surface area contributed by atoms with Gasteiger partial charge in [-0.25, -0.2) is 9.18 Å². The molecule has 34 heavy (non-hydrogen) atoms. The second-order valence-corrected chi connectivity index (χ2v) is 8.63. The Morgan fingerprint density at radius 1 is 1.09 bits per heavy atom. The van der Waals surface area contributed by atoms with Gasteiger partial charge >= 0.3 is 12.1 Å². The lowest BCUT2D eigenvalue weighted by Gasteiger charge is -2.40. The fraction of sp³-hybridized carbons (Fsp3) is 0.320. The lowest BCUT2D eigenvalue weighted by atomic mass is 9.74. The van der Waals surface area contributed by atoms with Gasteiger partial charge in [0.15, 0.2) is 0 Å². The van der Waals surface area contributed by atoms with Gasteiger partial charge in [-0.3, -0.25) is 0 Å². The summed E-state index contributed by atoms with van der Waals surface area (Å²) in [6.45, 7) is 3.46. The van der Waals surface area contributed by atoms with Gasteiger partial charge in [-0.2, -0.15) is 13.2 Å². The number of alkyl halides is 3. The topological polar surface area (TPSA) is 63.5 Å². The zero-order valence-electron chi connectivity index (χ0n) is 18.9. The molecule has 182 valence electrons. The second kappa shape index (κ2) is 9.79. The van der Waals surface area contributed by atoms with E-state index in [4.69, 9.17) is 4.74 Å². The van der Waals surface area contributed by atoms with Crippen LogP contribution in [-0.2, 0) is 17.4 Å². The molecule has 2 aromatic carbocycles. The summed E-state index contributed by atoms with van der Waals surface area (Å²) in [4.78, 5) is 12.3. The zero-order valence-corrected chi connectivity index (χ0v) is 18.9. The normalized spacial score (nSPS) is 13.9. The Labute approximate surface area is 195 Å². The molecule has 0 aliphatic heterocycles. The van der Waals surface area contributed by atoms with Gasteiger partial charge < -0.3 is 19.7 Å². The van der Waals surface area contributed by atoms with E-state index < -0.39 is 35.0 Å². The number of nitrogens with one attached hydrogen (secondary N) is 1. The number of hydrogen-bond acceptors (Lipinski definition) is 3. The standard InChI is InChI=1S/C25H26F4N2O3/c1-24(2,21(31-12-4-5-13-31)14-16-6-9-18(34-3)10-7-16)22(23(32)33)30-20-11-8-17(15-19(20)26)25(27,28)29/h4-13,15,21-22,30H,14H2,1-3H3,(H,32,33). The largest absolute Gasteiger partial charge is 0.497 e. The van der Waals surface area contributed by atoms with E-state index in [1.54, 1.807) is 33.1 Å². The first kappa shape index (κ1) is 25.1. The van der Waals surface area contributed by atoms with Crippen molar-refractivity contribution in [3.05, 3.63) is 83.9 Å². The number of aromatic nitrogens is 1. The molecule has 0 radical (unpaired) electrons. The van der Waals surface area contributed by atoms with Crippen LogP contribution in [0.5, 0.6) is 5.75 Å². The number of carboxylic acid groups (broad SMARTS) is 1. The highest BCUT2D eigenvalue weighted by Gasteiger charge is 2.43. The van der Waals surface area contributed by atoms with E-state index in [-0.39, 0.29) is 11.7 Å². The van der Waals surface area contributed by atoms with Gasteiger partial charge in [-0.15, -0.1) is 0 Å². The van der Waals surface area contributed by atoms with Gasteiger partial charge in [0.05, 0.1) is 18.4 Å². The van der Waals surface area contributed by atoms with Crippen LogP contribution in [0, 0.1) is 11.2 Å². The number of anilines is 1. The van der Waals surface area contributed by atoms with Crippen LogP contribution >= 0.6 is 0 Å². The molecule has 9 heteroatoms. The number of aliphatic carboxylic acids is 1. The number of carboxylic acids is 1. The average molecular weight is 478 g/mol. The van der Waals surface area contributed by atoms with Gasteiger partial charge in [-0.05, 0) is 54.4 Å². The highest BCUT2D eigenvalue weighted by Crippen LogP contribution is 2.40. The molecular weight excluding hydrogens is 452 g/mol. The van der Waals surface area contributed by atoms with E-state index in [2.05, 4.69) is 5.32 Å². The molecule has 0 aliphatic carbocycles. The Morgan fingerprint density at radius 3 is 2.21 bits per heavy atom. The monoisotopic (exact) mass is 478 g/mol. The van der Waals surface area contributed by atoms with Crippen molar-refractivity contribution in [2.75, 3.05) is 12.4 Å². The van der Waals surface area contributed by atoms with Crippen molar-refractivity contribution in [3.63, 3.8) is 0 Å². The van der Waals surface area contributed by atoms with Crippen molar-refractivity contribution in [2.24, 2.45) is 5.41 Å². The van der Waals surface area contributed by atoms with Crippen molar-refractivity contribution in [1.29, 1.82) is 0 Å². The summed E-state index contributed by atoms with van der Waals surface area (Å²) in [6.07, 6.45) is -0.629. The zero-order chi connectivity index (χ0) is 25.1. The smallest absolute Gasteiger partial charge is 0.416 e. The van der Waals surface area contributed by atoms with Gasteiger partial charge in [0, 0.05) is 23.9 Å². The number of nitrogens with zero attached hydrogens (tertiary/aromatic N) is 1. The van der Waals surface area contributed by atoms with Gasteiger partial charge in [0.25, 0.3) is 0 Å². The van der Waals surface area contributed by atoms with Gasteiger partial charge in [0.2, 0.25) is 0 Å². The Bertz CT molecular complexity index is 1110. The number of hydrogen-bond donors (Lipinski definition) is 2. The molecule has 3 rings (SSSR count). The molecule has 0 aliphatic rings. The highest BCUT2D eigenvalue weighted by molar-refractivity contribution is 5.78. The molecule has 0 saturated heterocycles. The molecular formula is C25H26F4N2O3. The first-order valence-corrected chi connectivity index (χ1v) is 10.5. The SMILES string of the molecule is COc1ccc(CC(n2cccc2)C(C)(C)C(Nc2ccc(C(F)(F)F)cc2F)C(=O)O)cc1. The minimum Gasteiger partial charge on any atom is -0.497 e. The maximum atomic E-state index is 14.5. The number of ether oxygens (including phenoxy) is 1. The Kier molecular flexibility index (Phi) is 7.24. The fourth-order valence-electron chi connectivity index (χ4n) is 4.02. The third kappa shape index (κ3) is 5.52. The quantitative estimate of drug-likeness (QED) is 0.369. The molecule has 0 spiro atoms. The number of methoxy groups -OCH3 is 1. The Balaban J connectivity index is 1.96. The van der Waals surface area contributed by atoms with E-state index in [0.29, 0.717) is 18.2 Å². The number of rotatable bonds is 9. The van der Waals surface area contributed by atoms with Gasteiger partial charge in [0.1, 0.15) is 17.6 Å². The Hall–Kier alpha value is -3.49. The molecule has 2 atom stereocenters. The molecule has 0 fully saturated rings. The van der Waals surface area contributed by atoms with Crippen molar-refractivity contribution < 1.29 is 32.2 Å². The minimum absolute atomic E-state index is 0.316. The van der Waals surface area contributed by atoms with E-state index >= 15 is 0 Å². The summed E-state index contributed by atoms with van der Waals surface area (Å²) in [6, 6.07) is 11.3. The summed E-state index contributed by atoms with van der Waals surface area (Å²) in [5.74, 6) is -1.75. The van der Waals surface area contributed by atoms with Crippen molar-refractivity contribution in [3.8, 4) is 5.75 Å². The first-order valence-electron chi connectivity index (χ1n) is 10.5. The summed E-state index contributed by atoms with van der Waals surface area (Å²) in [5.41, 5.74) is -1.55. The minimum atomic E-state index is -4.71. The van der Waals surface area contributed by atoms with E-state index in [1.165, 1.54) is 0 Å². The lowest BCUT2D eigenvalue weighted by Crippen LogP contribution is -2.48. The molecule has 2 N–H and O–H groups in total. The predicted molar refractivity (Wildman–Crippen MR) is 120 cm³/mol. The molecule has 0 bridgehead atoms. The van der Waals surface area contributed by atoms with Crippen LogP contribution in [0.3, 0.4) is 0 Å². The van der Waals surface area contributed by atoms with Crippen LogP contribution < -0.4 is 10.1 Å². The molecule has 5 nitrogen and oxygen atoms in total. The maximum Gasteiger partial charge on any atom is 0.416 e. The van der Waals surface area contributed by atoms with Crippen molar-refractivity contribution in [1.82, 2.24) is 4.57 Å². The van der Waals surface area contributed by atoms with Crippen molar-refractivity contribution >= 4 is 11.7 Å². The number of benzene rings is 2. The molecule has 0 saturated carbocycles. The van der Waals surface area contributed by atoms with E-state index in [0.717, 1.165) is 17.7 Å². The second-order valence-electron chi connectivity index (χ2n) is 8.63. The van der Waals surface area contributed by atoms with E-state index in [9.17, 15) is 27.5 Å². The van der Waals surface area contributed by atoms with Gasteiger partial charge in [-0.1, -0.05) is 26.0 Å².